The van der Waals surface area contributed by atoms with Crippen molar-refractivity contribution in [2.45, 2.75) is 63.6 Å². The number of rotatable bonds is 4. The zero-order chi connectivity index (χ0) is 14.1. The molecular formula is C16H24FNO. The van der Waals surface area contributed by atoms with Crippen LogP contribution in [-0.4, -0.2) is 16.2 Å². The highest BCUT2D eigenvalue weighted by molar-refractivity contribution is 5.24. The Morgan fingerprint density at radius 3 is 2.58 bits per heavy atom. The van der Waals surface area contributed by atoms with Gasteiger partial charge >= 0.3 is 0 Å². The minimum Gasteiger partial charge on any atom is -0.386 e. The van der Waals surface area contributed by atoms with E-state index in [1.54, 1.807) is 12.1 Å². The van der Waals surface area contributed by atoms with Crippen molar-refractivity contribution in [3.05, 3.63) is 35.6 Å². The van der Waals surface area contributed by atoms with E-state index in [4.69, 9.17) is 0 Å². The first kappa shape index (κ1) is 14.5. The van der Waals surface area contributed by atoms with Gasteiger partial charge in [0.2, 0.25) is 0 Å². The van der Waals surface area contributed by atoms with E-state index in [9.17, 15) is 9.50 Å². The molecule has 106 valence electrons. The van der Waals surface area contributed by atoms with E-state index in [1.165, 1.54) is 12.1 Å². The molecule has 2 nitrogen and oxygen atoms in total. The van der Waals surface area contributed by atoms with Crippen LogP contribution < -0.4 is 5.32 Å². The molecule has 0 aliphatic carbocycles. The lowest BCUT2D eigenvalue weighted by Crippen LogP contribution is -2.52. The number of aliphatic hydroxyl groups excluding tert-OH is 1. The second-order valence-electron chi connectivity index (χ2n) is 6.01. The summed E-state index contributed by atoms with van der Waals surface area (Å²) in [5, 5.41) is 14.3. The Bertz CT molecular complexity index is 450. The molecule has 0 aromatic heterocycles. The molecular weight excluding hydrogens is 241 g/mol. The van der Waals surface area contributed by atoms with E-state index in [0.717, 1.165) is 25.7 Å². The van der Waals surface area contributed by atoms with Crippen LogP contribution >= 0.6 is 0 Å². The van der Waals surface area contributed by atoms with Gasteiger partial charge in [-0.15, -0.1) is 0 Å². The summed E-state index contributed by atoms with van der Waals surface area (Å²) in [6.45, 7) is 6.44. The number of hydrogen-bond donors (Lipinski definition) is 2. The van der Waals surface area contributed by atoms with Crippen molar-refractivity contribution < 1.29 is 9.50 Å². The molecule has 1 aromatic carbocycles. The largest absolute Gasteiger partial charge is 0.386 e. The molecule has 19 heavy (non-hydrogen) atoms. The van der Waals surface area contributed by atoms with Gasteiger partial charge in [0, 0.05) is 11.1 Å². The first-order valence-electron chi connectivity index (χ1n) is 7.17. The summed E-state index contributed by atoms with van der Waals surface area (Å²) >= 11 is 0. The fraction of sp³-hybridized carbons (Fsp3) is 0.625. The Balaban J connectivity index is 2.28. The van der Waals surface area contributed by atoms with E-state index >= 15 is 0 Å². The van der Waals surface area contributed by atoms with Crippen LogP contribution in [-0.2, 0) is 0 Å². The predicted octanol–water partition coefficient (Wildman–Crippen LogP) is 3.56. The van der Waals surface area contributed by atoms with Crippen LogP contribution in [0.2, 0.25) is 0 Å². The average Bonchev–Trinajstić information content (AvgIpc) is 2.78. The van der Waals surface area contributed by atoms with Gasteiger partial charge in [0.05, 0.1) is 6.10 Å². The van der Waals surface area contributed by atoms with Crippen molar-refractivity contribution >= 4 is 0 Å². The lowest BCUT2D eigenvalue weighted by molar-refractivity contribution is 0.0584. The third-order valence-electron chi connectivity index (χ3n) is 4.77. The maximum Gasteiger partial charge on any atom is 0.123 e. The number of benzene rings is 1. The first-order chi connectivity index (χ1) is 8.95. The standard InChI is InChI=1S/C16H24FNO/c1-4-15(3)9-10-16(5-2,18-15)14(19)12-7-6-8-13(17)11-12/h6-8,11,14,18-19H,4-5,9-10H2,1-3H3. The topological polar surface area (TPSA) is 32.3 Å². The molecule has 3 heteroatoms. The Labute approximate surface area is 115 Å². The molecule has 1 aliphatic heterocycles. The molecule has 0 bridgehead atoms. The van der Waals surface area contributed by atoms with Crippen LogP contribution in [0.3, 0.4) is 0 Å². The van der Waals surface area contributed by atoms with Gasteiger partial charge in [0.1, 0.15) is 5.82 Å². The van der Waals surface area contributed by atoms with Crippen molar-refractivity contribution in [2.75, 3.05) is 0 Å². The molecule has 2 N–H and O–H groups in total. The summed E-state index contributed by atoms with van der Waals surface area (Å²) in [6, 6.07) is 6.30. The fourth-order valence-electron chi connectivity index (χ4n) is 3.15. The normalized spacial score (nSPS) is 32.5. The Hall–Kier alpha value is -0.930. The summed E-state index contributed by atoms with van der Waals surface area (Å²) < 4.78 is 13.3. The third-order valence-corrected chi connectivity index (χ3v) is 4.77. The van der Waals surface area contributed by atoms with Crippen LogP contribution in [0.25, 0.3) is 0 Å². The summed E-state index contributed by atoms with van der Waals surface area (Å²) in [5.41, 5.74) is 0.401. The maximum absolute atomic E-state index is 13.3. The second kappa shape index (κ2) is 5.22. The summed E-state index contributed by atoms with van der Waals surface area (Å²) in [7, 11) is 0. The average molecular weight is 265 g/mol. The van der Waals surface area contributed by atoms with Crippen LogP contribution in [0, 0.1) is 5.82 Å². The molecule has 2 rings (SSSR count). The van der Waals surface area contributed by atoms with Gasteiger partial charge in [-0.1, -0.05) is 26.0 Å². The first-order valence-corrected chi connectivity index (χ1v) is 7.17. The number of halogens is 1. The maximum atomic E-state index is 13.3. The number of nitrogens with one attached hydrogen (secondary N) is 1. The Morgan fingerprint density at radius 2 is 2.05 bits per heavy atom. The molecule has 3 atom stereocenters. The van der Waals surface area contributed by atoms with Crippen molar-refractivity contribution in [3.63, 3.8) is 0 Å². The van der Waals surface area contributed by atoms with Gasteiger partial charge in [-0.25, -0.2) is 4.39 Å². The molecule has 3 unspecified atom stereocenters. The second-order valence-corrected chi connectivity index (χ2v) is 6.01. The minimum absolute atomic E-state index is 0.0737. The van der Waals surface area contributed by atoms with Crippen molar-refractivity contribution in [3.8, 4) is 0 Å². The molecule has 1 saturated heterocycles. The van der Waals surface area contributed by atoms with Crippen LogP contribution in [0.5, 0.6) is 0 Å². The Morgan fingerprint density at radius 1 is 1.32 bits per heavy atom. The van der Waals surface area contributed by atoms with E-state index < -0.39 is 6.10 Å². The lowest BCUT2D eigenvalue weighted by Gasteiger charge is -2.37. The zero-order valence-electron chi connectivity index (χ0n) is 12.0. The quantitative estimate of drug-likeness (QED) is 0.872. The molecule has 1 aromatic rings. The predicted molar refractivity (Wildman–Crippen MR) is 75.4 cm³/mol. The SMILES string of the molecule is CCC1(C)CCC(CC)(C(O)c2cccc(F)c2)N1. The molecule has 1 aliphatic rings. The molecule has 1 fully saturated rings. The summed E-state index contributed by atoms with van der Waals surface area (Å²) in [6.07, 6.45) is 3.17. The van der Waals surface area contributed by atoms with E-state index in [-0.39, 0.29) is 16.9 Å². The van der Waals surface area contributed by atoms with Gasteiger partial charge in [0.25, 0.3) is 0 Å². The lowest BCUT2D eigenvalue weighted by atomic mass is 9.84. The van der Waals surface area contributed by atoms with Crippen LogP contribution in [0.15, 0.2) is 24.3 Å². The highest BCUT2D eigenvalue weighted by Crippen LogP contribution is 2.42. The summed E-state index contributed by atoms with van der Waals surface area (Å²) in [4.78, 5) is 0. The highest BCUT2D eigenvalue weighted by atomic mass is 19.1. The molecule has 0 spiro atoms. The van der Waals surface area contributed by atoms with E-state index in [2.05, 4.69) is 26.1 Å². The van der Waals surface area contributed by atoms with Crippen molar-refractivity contribution in [2.24, 2.45) is 0 Å². The number of aliphatic hydroxyl groups is 1. The smallest absolute Gasteiger partial charge is 0.123 e. The third kappa shape index (κ3) is 2.67. The van der Waals surface area contributed by atoms with Gasteiger partial charge in [-0.2, -0.15) is 0 Å². The number of hydrogen-bond acceptors (Lipinski definition) is 2. The van der Waals surface area contributed by atoms with Gasteiger partial charge < -0.3 is 10.4 Å². The molecule has 0 amide bonds. The molecule has 0 saturated carbocycles. The summed E-state index contributed by atoms with van der Waals surface area (Å²) in [5.74, 6) is -0.293. The van der Waals surface area contributed by atoms with Crippen molar-refractivity contribution in [1.82, 2.24) is 5.32 Å². The van der Waals surface area contributed by atoms with Crippen molar-refractivity contribution in [1.29, 1.82) is 0 Å². The van der Waals surface area contributed by atoms with Gasteiger partial charge in [-0.3, -0.25) is 0 Å². The Kier molecular flexibility index (Phi) is 3.98. The van der Waals surface area contributed by atoms with E-state index in [1.807, 2.05) is 0 Å². The van der Waals surface area contributed by atoms with E-state index in [0.29, 0.717) is 5.56 Å². The highest BCUT2D eigenvalue weighted by Gasteiger charge is 2.47. The van der Waals surface area contributed by atoms with Gasteiger partial charge in [-0.05, 0) is 50.3 Å². The zero-order valence-corrected chi connectivity index (χ0v) is 12.0. The van der Waals surface area contributed by atoms with Crippen LogP contribution in [0.1, 0.15) is 58.1 Å². The fourth-order valence-corrected chi connectivity index (χ4v) is 3.15. The monoisotopic (exact) mass is 265 g/mol. The van der Waals surface area contributed by atoms with Gasteiger partial charge in [0.15, 0.2) is 0 Å². The minimum atomic E-state index is -0.665. The van der Waals surface area contributed by atoms with Crippen LogP contribution in [0.4, 0.5) is 4.39 Å². The molecule has 0 radical (unpaired) electrons. The molecule has 1 heterocycles.